The van der Waals surface area contributed by atoms with Crippen molar-refractivity contribution in [3.63, 3.8) is 0 Å². The van der Waals surface area contributed by atoms with Crippen LogP contribution in [-0.4, -0.2) is 17.3 Å². The second kappa shape index (κ2) is 7.29. The standard InChI is InChI=1S/C18H16O3/c19-16(13-18(21)15-9-5-2-6-10-15)11-12-17(20)14-7-3-1-4-8-14/h1-10H,11-13H2. The minimum Gasteiger partial charge on any atom is -0.299 e. The zero-order valence-corrected chi connectivity index (χ0v) is 11.6. The summed E-state index contributed by atoms with van der Waals surface area (Å²) >= 11 is 0. The molecule has 0 atom stereocenters. The number of ketones is 3. The lowest BCUT2D eigenvalue weighted by Gasteiger charge is -2.02. The molecule has 0 heterocycles. The van der Waals surface area contributed by atoms with Crippen LogP contribution < -0.4 is 0 Å². The van der Waals surface area contributed by atoms with Crippen molar-refractivity contribution in [3.8, 4) is 0 Å². The van der Waals surface area contributed by atoms with E-state index in [4.69, 9.17) is 0 Å². The number of benzene rings is 2. The van der Waals surface area contributed by atoms with E-state index in [1.807, 2.05) is 12.1 Å². The summed E-state index contributed by atoms with van der Waals surface area (Å²) in [7, 11) is 0. The van der Waals surface area contributed by atoms with Gasteiger partial charge in [0.15, 0.2) is 11.6 Å². The van der Waals surface area contributed by atoms with Gasteiger partial charge in [0, 0.05) is 24.0 Å². The minimum absolute atomic E-state index is 0.0730. The molecular weight excluding hydrogens is 264 g/mol. The van der Waals surface area contributed by atoms with E-state index in [-0.39, 0.29) is 36.6 Å². The molecule has 3 heteroatoms. The molecule has 0 bridgehead atoms. The molecule has 0 aromatic heterocycles. The van der Waals surface area contributed by atoms with E-state index in [1.165, 1.54) is 0 Å². The van der Waals surface area contributed by atoms with Crippen molar-refractivity contribution in [2.75, 3.05) is 0 Å². The molecule has 0 spiro atoms. The Morgan fingerprint density at radius 3 is 1.62 bits per heavy atom. The molecule has 0 saturated carbocycles. The average Bonchev–Trinajstić information content (AvgIpc) is 2.54. The fourth-order valence-electron chi connectivity index (χ4n) is 2.01. The van der Waals surface area contributed by atoms with Gasteiger partial charge in [0.05, 0.1) is 6.42 Å². The van der Waals surface area contributed by atoms with Gasteiger partial charge in [-0.2, -0.15) is 0 Å². The van der Waals surface area contributed by atoms with Crippen molar-refractivity contribution in [2.45, 2.75) is 19.3 Å². The maximum Gasteiger partial charge on any atom is 0.170 e. The van der Waals surface area contributed by atoms with Gasteiger partial charge in [-0.3, -0.25) is 14.4 Å². The molecule has 0 aliphatic heterocycles. The van der Waals surface area contributed by atoms with Crippen molar-refractivity contribution in [3.05, 3.63) is 71.8 Å². The van der Waals surface area contributed by atoms with E-state index < -0.39 is 0 Å². The highest BCUT2D eigenvalue weighted by atomic mass is 16.1. The van der Waals surface area contributed by atoms with Crippen LogP contribution in [0.1, 0.15) is 40.0 Å². The molecule has 2 rings (SSSR count). The summed E-state index contributed by atoms with van der Waals surface area (Å²) in [5.41, 5.74) is 1.12. The third-order valence-electron chi connectivity index (χ3n) is 3.18. The SMILES string of the molecule is O=C(CCC(=O)c1ccccc1)CC(=O)c1ccccc1. The van der Waals surface area contributed by atoms with Crippen LogP contribution in [0, 0.1) is 0 Å². The predicted octanol–water partition coefficient (Wildman–Crippen LogP) is 3.49. The first-order valence-corrected chi connectivity index (χ1v) is 6.85. The number of hydrogen-bond acceptors (Lipinski definition) is 3. The summed E-state index contributed by atoms with van der Waals surface area (Å²) < 4.78 is 0. The lowest BCUT2D eigenvalue weighted by atomic mass is 10.0. The Bertz CT molecular complexity index is 630. The molecule has 0 radical (unpaired) electrons. The quantitative estimate of drug-likeness (QED) is 0.576. The Hall–Kier alpha value is -2.55. The summed E-state index contributed by atoms with van der Waals surface area (Å²) in [5.74, 6) is -0.475. The third-order valence-corrected chi connectivity index (χ3v) is 3.18. The molecule has 0 N–H and O–H groups in total. The summed E-state index contributed by atoms with van der Waals surface area (Å²) in [4.78, 5) is 35.5. The van der Waals surface area contributed by atoms with Crippen LogP contribution in [0.4, 0.5) is 0 Å². The van der Waals surface area contributed by atoms with Gasteiger partial charge in [-0.25, -0.2) is 0 Å². The van der Waals surface area contributed by atoms with E-state index in [0.717, 1.165) is 0 Å². The van der Waals surface area contributed by atoms with Crippen LogP contribution in [0.5, 0.6) is 0 Å². The van der Waals surface area contributed by atoms with Crippen molar-refractivity contribution in [1.29, 1.82) is 0 Å². The molecule has 0 aliphatic carbocycles. The smallest absolute Gasteiger partial charge is 0.170 e. The van der Waals surface area contributed by atoms with Gasteiger partial charge >= 0.3 is 0 Å². The van der Waals surface area contributed by atoms with Crippen molar-refractivity contribution in [2.24, 2.45) is 0 Å². The van der Waals surface area contributed by atoms with Crippen molar-refractivity contribution in [1.82, 2.24) is 0 Å². The van der Waals surface area contributed by atoms with Crippen LogP contribution in [0.3, 0.4) is 0 Å². The predicted molar refractivity (Wildman–Crippen MR) is 80.4 cm³/mol. The van der Waals surface area contributed by atoms with Gasteiger partial charge < -0.3 is 0 Å². The number of hydrogen-bond donors (Lipinski definition) is 0. The lowest BCUT2D eigenvalue weighted by Crippen LogP contribution is -2.10. The Balaban J connectivity index is 1.83. The highest BCUT2D eigenvalue weighted by molar-refractivity contribution is 6.09. The summed E-state index contributed by atoms with van der Waals surface area (Å²) in [6.45, 7) is 0. The topological polar surface area (TPSA) is 51.2 Å². The molecule has 2 aromatic rings. The van der Waals surface area contributed by atoms with Crippen LogP contribution in [0.15, 0.2) is 60.7 Å². The van der Waals surface area contributed by atoms with Gasteiger partial charge in [0.2, 0.25) is 0 Å². The number of carbonyl (C=O) groups is 3. The third kappa shape index (κ3) is 4.49. The summed E-state index contributed by atoms with van der Waals surface area (Å²) in [6, 6.07) is 17.6. The van der Waals surface area contributed by atoms with Crippen molar-refractivity contribution >= 4 is 17.3 Å². The fourth-order valence-corrected chi connectivity index (χ4v) is 2.01. The Morgan fingerprint density at radius 2 is 1.10 bits per heavy atom. The maximum absolute atomic E-state index is 11.9. The van der Waals surface area contributed by atoms with Crippen molar-refractivity contribution < 1.29 is 14.4 Å². The highest BCUT2D eigenvalue weighted by Crippen LogP contribution is 2.09. The Labute approximate surface area is 123 Å². The molecule has 106 valence electrons. The first-order chi connectivity index (χ1) is 10.2. The normalized spacial score (nSPS) is 10.1. The maximum atomic E-state index is 11.9. The Morgan fingerprint density at radius 1 is 0.619 bits per heavy atom. The van der Waals surface area contributed by atoms with E-state index in [9.17, 15) is 14.4 Å². The molecule has 0 amide bonds. The average molecular weight is 280 g/mol. The molecule has 0 unspecified atom stereocenters. The zero-order chi connectivity index (χ0) is 15.1. The van der Waals surface area contributed by atoms with Gasteiger partial charge in [-0.1, -0.05) is 60.7 Å². The summed E-state index contributed by atoms with van der Waals surface area (Å²) in [6.07, 6.45) is 0.100. The Kier molecular flexibility index (Phi) is 5.16. The fraction of sp³-hybridized carbons (Fsp3) is 0.167. The monoisotopic (exact) mass is 280 g/mol. The molecule has 2 aromatic carbocycles. The number of Topliss-reactive ketones (excluding diaryl/α,β-unsaturated/α-hetero) is 3. The molecule has 0 aliphatic rings. The van der Waals surface area contributed by atoms with Gasteiger partial charge in [0.25, 0.3) is 0 Å². The largest absolute Gasteiger partial charge is 0.299 e. The van der Waals surface area contributed by atoms with Crippen LogP contribution >= 0.6 is 0 Å². The number of carbonyl (C=O) groups excluding carboxylic acids is 3. The van der Waals surface area contributed by atoms with E-state index in [2.05, 4.69) is 0 Å². The molecule has 0 fully saturated rings. The summed E-state index contributed by atoms with van der Waals surface area (Å²) in [5, 5.41) is 0. The van der Waals surface area contributed by atoms with Gasteiger partial charge in [-0.05, 0) is 0 Å². The lowest BCUT2D eigenvalue weighted by molar-refractivity contribution is -0.118. The van der Waals surface area contributed by atoms with Gasteiger partial charge in [-0.15, -0.1) is 0 Å². The first kappa shape index (κ1) is 14.9. The molecule has 3 nitrogen and oxygen atoms in total. The first-order valence-electron chi connectivity index (χ1n) is 6.85. The second-order valence-corrected chi connectivity index (χ2v) is 4.79. The second-order valence-electron chi connectivity index (χ2n) is 4.79. The molecule has 0 saturated heterocycles. The van der Waals surface area contributed by atoms with E-state index in [0.29, 0.717) is 11.1 Å². The number of rotatable bonds is 7. The van der Waals surface area contributed by atoms with Crippen LogP contribution in [-0.2, 0) is 4.79 Å². The zero-order valence-electron chi connectivity index (χ0n) is 11.6. The van der Waals surface area contributed by atoms with Crippen LogP contribution in [0.25, 0.3) is 0 Å². The van der Waals surface area contributed by atoms with Gasteiger partial charge in [0.1, 0.15) is 5.78 Å². The minimum atomic E-state index is -0.201. The molecular formula is C18H16O3. The van der Waals surface area contributed by atoms with Crippen LogP contribution in [0.2, 0.25) is 0 Å². The van der Waals surface area contributed by atoms with E-state index >= 15 is 0 Å². The van der Waals surface area contributed by atoms with E-state index in [1.54, 1.807) is 48.5 Å². The molecule has 21 heavy (non-hydrogen) atoms. The highest BCUT2D eigenvalue weighted by Gasteiger charge is 2.13.